The number of hydrogen-bond acceptors (Lipinski definition) is 2. The highest BCUT2D eigenvalue weighted by Gasteiger charge is 2.27. The Bertz CT molecular complexity index is 243. The van der Waals surface area contributed by atoms with Crippen LogP contribution in [0.2, 0.25) is 0 Å². The van der Waals surface area contributed by atoms with Gasteiger partial charge in [0.1, 0.15) is 0 Å². The van der Waals surface area contributed by atoms with Crippen molar-refractivity contribution >= 4 is 0 Å². The fourth-order valence-electron chi connectivity index (χ4n) is 3.88. The molecule has 2 heteroatoms. The van der Waals surface area contributed by atoms with Crippen LogP contribution in [0.1, 0.15) is 64.2 Å². The number of rotatable bonds is 6. The van der Waals surface area contributed by atoms with Crippen LogP contribution in [0.25, 0.3) is 0 Å². The molecule has 0 aromatic rings. The molecule has 1 atom stereocenters. The van der Waals surface area contributed by atoms with Crippen molar-refractivity contribution in [2.45, 2.75) is 76.3 Å². The maximum atomic E-state index is 3.81. The Morgan fingerprint density at radius 3 is 2.50 bits per heavy atom. The summed E-state index contributed by atoms with van der Waals surface area (Å²) in [7, 11) is 0. The Labute approximate surface area is 113 Å². The lowest BCUT2D eigenvalue weighted by Gasteiger charge is -2.33. The third-order valence-corrected chi connectivity index (χ3v) is 5.12. The van der Waals surface area contributed by atoms with E-state index in [1.807, 2.05) is 0 Å². The van der Waals surface area contributed by atoms with Gasteiger partial charge in [0.15, 0.2) is 0 Å². The molecule has 0 radical (unpaired) electrons. The molecule has 3 aliphatic rings. The molecular formula is C16H30N2. The molecule has 1 unspecified atom stereocenters. The molecule has 3 rings (SSSR count). The number of likely N-dealkylation sites (tertiary alicyclic amines) is 1. The third-order valence-electron chi connectivity index (χ3n) is 5.12. The monoisotopic (exact) mass is 250 g/mol. The molecule has 0 bridgehead atoms. The molecule has 2 nitrogen and oxygen atoms in total. The largest absolute Gasteiger partial charge is 0.310 e. The van der Waals surface area contributed by atoms with Crippen molar-refractivity contribution in [1.82, 2.24) is 10.2 Å². The fraction of sp³-hybridized carbons (Fsp3) is 1.00. The molecule has 2 saturated carbocycles. The van der Waals surface area contributed by atoms with Crippen molar-refractivity contribution in [1.29, 1.82) is 0 Å². The van der Waals surface area contributed by atoms with Crippen molar-refractivity contribution in [2.24, 2.45) is 5.92 Å². The fourth-order valence-corrected chi connectivity index (χ4v) is 3.88. The van der Waals surface area contributed by atoms with Gasteiger partial charge in [-0.15, -0.1) is 0 Å². The van der Waals surface area contributed by atoms with E-state index in [9.17, 15) is 0 Å². The molecular weight excluding hydrogens is 220 g/mol. The molecule has 1 N–H and O–H groups in total. The van der Waals surface area contributed by atoms with Crippen LogP contribution in [0.5, 0.6) is 0 Å². The first-order valence-corrected chi connectivity index (χ1v) is 8.38. The van der Waals surface area contributed by atoms with Crippen LogP contribution in [-0.2, 0) is 0 Å². The predicted octanol–water partition coefficient (Wildman–Crippen LogP) is 3.17. The van der Waals surface area contributed by atoms with Gasteiger partial charge in [0.25, 0.3) is 0 Å². The van der Waals surface area contributed by atoms with Gasteiger partial charge in [-0.25, -0.2) is 0 Å². The molecule has 2 aliphatic carbocycles. The van der Waals surface area contributed by atoms with Crippen LogP contribution in [0.15, 0.2) is 0 Å². The van der Waals surface area contributed by atoms with Crippen LogP contribution in [0, 0.1) is 5.92 Å². The zero-order valence-electron chi connectivity index (χ0n) is 11.9. The number of hydrogen-bond donors (Lipinski definition) is 1. The summed E-state index contributed by atoms with van der Waals surface area (Å²) in [6, 6.07) is 1.69. The summed E-state index contributed by atoms with van der Waals surface area (Å²) in [6.45, 7) is 4.04. The van der Waals surface area contributed by atoms with Crippen LogP contribution < -0.4 is 5.32 Å². The van der Waals surface area contributed by atoms with Crippen LogP contribution in [0.3, 0.4) is 0 Å². The first-order valence-electron chi connectivity index (χ1n) is 8.38. The Morgan fingerprint density at radius 2 is 1.72 bits per heavy atom. The van der Waals surface area contributed by atoms with E-state index in [-0.39, 0.29) is 0 Å². The maximum Gasteiger partial charge on any atom is 0.0198 e. The Hall–Kier alpha value is -0.0800. The van der Waals surface area contributed by atoms with E-state index in [4.69, 9.17) is 0 Å². The van der Waals surface area contributed by atoms with Gasteiger partial charge in [0.2, 0.25) is 0 Å². The van der Waals surface area contributed by atoms with Crippen LogP contribution in [0.4, 0.5) is 0 Å². The molecule has 104 valence electrons. The summed E-state index contributed by atoms with van der Waals surface area (Å²) in [4.78, 5) is 2.72. The smallest absolute Gasteiger partial charge is 0.0198 e. The second-order valence-corrected chi connectivity index (χ2v) is 6.87. The van der Waals surface area contributed by atoms with Crippen molar-refractivity contribution in [3.63, 3.8) is 0 Å². The van der Waals surface area contributed by atoms with E-state index in [0.717, 1.165) is 18.0 Å². The highest BCUT2D eigenvalue weighted by Crippen LogP contribution is 2.28. The molecule has 1 aliphatic heterocycles. The van der Waals surface area contributed by atoms with E-state index in [0.29, 0.717) is 0 Å². The van der Waals surface area contributed by atoms with Gasteiger partial charge >= 0.3 is 0 Å². The van der Waals surface area contributed by atoms with E-state index < -0.39 is 0 Å². The minimum absolute atomic E-state index is 0.803. The number of nitrogens with zero attached hydrogens (tertiary/aromatic N) is 1. The molecule has 18 heavy (non-hydrogen) atoms. The molecule has 1 saturated heterocycles. The lowest BCUT2D eigenvalue weighted by atomic mass is 10.0. The minimum Gasteiger partial charge on any atom is -0.310 e. The van der Waals surface area contributed by atoms with Crippen molar-refractivity contribution in [2.75, 3.05) is 19.6 Å². The van der Waals surface area contributed by atoms with Gasteiger partial charge < -0.3 is 10.2 Å². The van der Waals surface area contributed by atoms with Crippen LogP contribution in [-0.4, -0.2) is 36.6 Å². The SMILES string of the molecule is C1CCC(CCCN2CCCC(NC3CC3)C2)C1. The summed E-state index contributed by atoms with van der Waals surface area (Å²) in [6.07, 6.45) is 14.7. The van der Waals surface area contributed by atoms with Crippen molar-refractivity contribution in [3.05, 3.63) is 0 Å². The highest BCUT2D eigenvalue weighted by molar-refractivity contribution is 4.88. The normalized spacial score (nSPS) is 31.0. The average Bonchev–Trinajstić information content (AvgIpc) is 3.04. The lowest BCUT2D eigenvalue weighted by molar-refractivity contribution is 0.184. The van der Waals surface area contributed by atoms with Gasteiger partial charge in [-0.05, 0) is 57.5 Å². The van der Waals surface area contributed by atoms with Gasteiger partial charge in [0, 0.05) is 18.6 Å². The van der Waals surface area contributed by atoms with E-state index in [2.05, 4.69) is 10.2 Å². The molecule has 0 aromatic carbocycles. The van der Waals surface area contributed by atoms with Crippen molar-refractivity contribution in [3.8, 4) is 0 Å². The van der Waals surface area contributed by atoms with E-state index in [1.165, 1.54) is 83.8 Å². The Morgan fingerprint density at radius 1 is 0.889 bits per heavy atom. The molecule has 3 fully saturated rings. The summed E-state index contributed by atoms with van der Waals surface area (Å²) in [5, 5.41) is 3.81. The minimum atomic E-state index is 0.803. The highest BCUT2D eigenvalue weighted by atomic mass is 15.2. The van der Waals surface area contributed by atoms with Gasteiger partial charge in [-0.3, -0.25) is 0 Å². The first kappa shape index (κ1) is 12.9. The van der Waals surface area contributed by atoms with Crippen molar-refractivity contribution < 1.29 is 0 Å². The molecule has 0 spiro atoms. The first-order chi connectivity index (χ1) is 8.90. The lowest BCUT2D eigenvalue weighted by Crippen LogP contribution is -2.46. The number of piperidine rings is 1. The summed E-state index contributed by atoms with van der Waals surface area (Å²) < 4.78 is 0. The Balaban J connectivity index is 1.31. The summed E-state index contributed by atoms with van der Waals surface area (Å²) >= 11 is 0. The van der Waals surface area contributed by atoms with Gasteiger partial charge in [-0.1, -0.05) is 25.7 Å². The molecule has 0 amide bonds. The summed E-state index contributed by atoms with van der Waals surface area (Å²) in [5.74, 6) is 1.08. The molecule has 0 aromatic heterocycles. The topological polar surface area (TPSA) is 15.3 Å². The zero-order valence-corrected chi connectivity index (χ0v) is 11.9. The zero-order chi connectivity index (χ0) is 12.2. The Kier molecular flexibility index (Phi) is 4.58. The predicted molar refractivity (Wildman–Crippen MR) is 76.8 cm³/mol. The van der Waals surface area contributed by atoms with Gasteiger partial charge in [0.05, 0.1) is 0 Å². The second kappa shape index (κ2) is 6.38. The quantitative estimate of drug-likeness (QED) is 0.779. The van der Waals surface area contributed by atoms with Crippen LogP contribution >= 0.6 is 0 Å². The number of nitrogens with one attached hydrogen (secondary N) is 1. The second-order valence-electron chi connectivity index (χ2n) is 6.87. The maximum absolute atomic E-state index is 3.81. The molecule has 1 heterocycles. The van der Waals surface area contributed by atoms with E-state index in [1.54, 1.807) is 0 Å². The standard InChI is InChI=1S/C16H30N2/c1-2-6-14(5-1)7-3-11-18-12-4-8-16(13-18)17-15-9-10-15/h14-17H,1-13H2. The average molecular weight is 250 g/mol. The van der Waals surface area contributed by atoms with E-state index >= 15 is 0 Å². The summed E-state index contributed by atoms with van der Waals surface area (Å²) in [5.41, 5.74) is 0. The van der Waals surface area contributed by atoms with Gasteiger partial charge in [-0.2, -0.15) is 0 Å². The third kappa shape index (κ3) is 3.96.